The Morgan fingerprint density at radius 2 is 1.96 bits per heavy atom. The van der Waals surface area contributed by atoms with Gasteiger partial charge in [0.2, 0.25) is 15.9 Å². The molecule has 24 heavy (non-hydrogen) atoms. The second-order valence-electron chi connectivity index (χ2n) is 6.03. The number of hydrogen-bond donors (Lipinski definition) is 3. The number of hydrogen-bond acceptors (Lipinski definition) is 4. The third kappa shape index (κ3) is 4.99. The van der Waals surface area contributed by atoms with E-state index >= 15 is 0 Å². The van der Waals surface area contributed by atoms with Crippen LogP contribution in [0.25, 0.3) is 0 Å². The van der Waals surface area contributed by atoms with E-state index < -0.39 is 20.7 Å². The molecule has 0 aromatic heterocycles. The number of halogens is 1. The smallest absolute Gasteiger partial charge is 0.243 e. The monoisotopic (exact) mass is 357 g/mol. The lowest BCUT2D eigenvalue weighted by atomic mass is 9.84. The van der Waals surface area contributed by atoms with E-state index in [1.807, 2.05) is 0 Å². The predicted molar refractivity (Wildman–Crippen MR) is 89.1 cm³/mol. The molecule has 0 heterocycles. The molecule has 1 aromatic carbocycles. The number of sulfonamides is 1. The maximum absolute atomic E-state index is 13.6. The van der Waals surface area contributed by atoms with Crippen LogP contribution in [0.5, 0.6) is 0 Å². The van der Waals surface area contributed by atoms with Gasteiger partial charge in [-0.15, -0.1) is 0 Å². The van der Waals surface area contributed by atoms with Gasteiger partial charge in [0.1, 0.15) is 10.7 Å². The van der Waals surface area contributed by atoms with Crippen molar-refractivity contribution in [2.75, 3.05) is 13.1 Å². The van der Waals surface area contributed by atoms with Crippen LogP contribution in [0.2, 0.25) is 0 Å². The second-order valence-corrected chi connectivity index (χ2v) is 7.77. The quantitative estimate of drug-likeness (QED) is 0.681. The Hall–Kier alpha value is -1.51. The summed E-state index contributed by atoms with van der Waals surface area (Å²) in [7, 11) is -3.96. The van der Waals surface area contributed by atoms with Gasteiger partial charge in [0.25, 0.3) is 0 Å². The summed E-state index contributed by atoms with van der Waals surface area (Å²) in [5, 5.41) is 2.93. The number of nitrogens with two attached hydrogens (primary N) is 1. The molecule has 0 saturated heterocycles. The Morgan fingerprint density at radius 3 is 2.67 bits per heavy atom. The SMILES string of the molecule is NCC1CCCCC1NC(=O)CCNS(=O)(=O)c1ccccc1F. The molecular weight excluding hydrogens is 333 g/mol. The molecule has 0 spiro atoms. The van der Waals surface area contributed by atoms with E-state index in [1.54, 1.807) is 0 Å². The van der Waals surface area contributed by atoms with Crippen molar-refractivity contribution in [3.05, 3.63) is 30.1 Å². The van der Waals surface area contributed by atoms with Crippen molar-refractivity contribution in [2.45, 2.75) is 43.0 Å². The number of carbonyl (C=O) groups is 1. The third-order valence-electron chi connectivity index (χ3n) is 4.33. The molecule has 1 fully saturated rings. The Kier molecular flexibility index (Phi) is 6.70. The number of carbonyl (C=O) groups excluding carboxylic acids is 1. The first-order chi connectivity index (χ1) is 11.4. The zero-order chi connectivity index (χ0) is 17.6. The van der Waals surface area contributed by atoms with Crippen LogP contribution >= 0.6 is 0 Å². The highest BCUT2D eigenvalue weighted by atomic mass is 32.2. The Labute approximate surface area is 142 Å². The Balaban J connectivity index is 1.83. The maximum atomic E-state index is 13.6. The van der Waals surface area contributed by atoms with Gasteiger partial charge in [0, 0.05) is 19.0 Å². The van der Waals surface area contributed by atoms with E-state index in [2.05, 4.69) is 10.0 Å². The first-order valence-electron chi connectivity index (χ1n) is 8.17. The highest BCUT2D eigenvalue weighted by Gasteiger charge is 2.25. The molecule has 1 aromatic rings. The van der Waals surface area contributed by atoms with Crippen molar-refractivity contribution in [2.24, 2.45) is 11.7 Å². The molecule has 2 rings (SSSR count). The minimum Gasteiger partial charge on any atom is -0.353 e. The predicted octanol–water partition coefficient (Wildman–Crippen LogP) is 1.13. The van der Waals surface area contributed by atoms with Crippen molar-refractivity contribution in [1.29, 1.82) is 0 Å². The summed E-state index contributed by atoms with van der Waals surface area (Å²) in [5.74, 6) is -0.767. The Morgan fingerprint density at radius 1 is 1.25 bits per heavy atom. The highest BCUT2D eigenvalue weighted by molar-refractivity contribution is 7.89. The Bertz CT molecular complexity index is 666. The van der Waals surface area contributed by atoms with Crippen molar-refractivity contribution < 1.29 is 17.6 Å². The van der Waals surface area contributed by atoms with Gasteiger partial charge in [-0.05, 0) is 37.4 Å². The molecular formula is C16H24FN3O3S. The molecule has 0 aliphatic heterocycles. The fraction of sp³-hybridized carbons (Fsp3) is 0.562. The molecule has 1 saturated carbocycles. The molecule has 134 valence electrons. The standard InChI is InChI=1S/C16H24FN3O3S/c17-13-6-2-4-8-15(13)24(22,23)19-10-9-16(21)20-14-7-3-1-5-12(14)11-18/h2,4,6,8,12,14,19H,1,3,5,7,9-11,18H2,(H,20,21). The van der Waals surface area contributed by atoms with Gasteiger partial charge in [-0.1, -0.05) is 25.0 Å². The lowest BCUT2D eigenvalue weighted by Crippen LogP contribution is -2.45. The van der Waals surface area contributed by atoms with Crippen LogP contribution in [0.3, 0.4) is 0 Å². The average Bonchev–Trinajstić information content (AvgIpc) is 2.55. The minimum absolute atomic E-state index is 0.00146. The van der Waals surface area contributed by atoms with E-state index in [0.717, 1.165) is 31.7 Å². The van der Waals surface area contributed by atoms with Crippen LogP contribution in [0, 0.1) is 11.7 Å². The van der Waals surface area contributed by atoms with Gasteiger partial charge in [-0.3, -0.25) is 4.79 Å². The first kappa shape index (κ1) is 18.8. The lowest BCUT2D eigenvalue weighted by Gasteiger charge is -2.31. The average molecular weight is 357 g/mol. The van der Waals surface area contributed by atoms with Crippen LogP contribution in [0.4, 0.5) is 4.39 Å². The summed E-state index contributed by atoms with van der Waals surface area (Å²) < 4.78 is 39.9. The third-order valence-corrected chi connectivity index (χ3v) is 5.82. The fourth-order valence-electron chi connectivity index (χ4n) is 3.00. The molecule has 0 radical (unpaired) electrons. The van der Waals surface area contributed by atoms with Gasteiger partial charge in [0.05, 0.1) is 0 Å². The van der Waals surface area contributed by atoms with Crippen LogP contribution in [-0.2, 0) is 14.8 Å². The normalized spacial score (nSPS) is 21.4. The molecule has 2 unspecified atom stereocenters. The van der Waals surface area contributed by atoms with Gasteiger partial charge >= 0.3 is 0 Å². The molecule has 1 aliphatic carbocycles. The fourth-order valence-corrected chi connectivity index (χ4v) is 4.11. The summed E-state index contributed by atoms with van der Waals surface area (Å²) in [6, 6.07) is 5.18. The summed E-state index contributed by atoms with van der Waals surface area (Å²) in [6.07, 6.45) is 4.08. The molecule has 6 nitrogen and oxygen atoms in total. The van der Waals surface area contributed by atoms with E-state index in [0.29, 0.717) is 6.54 Å². The van der Waals surface area contributed by atoms with Gasteiger partial charge < -0.3 is 11.1 Å². The van der Waals surface area contributed by atoms with Crippen molar-refractivity contribution in [1.82, 2.24) is 10.0 Å². The van der Waals surface area contributed by atoms with Crippen molar-refractivity contribution >= 4 is 15.9 Å². The molecule has 8 heteroatoms. The van der Waals surface area contributed by atoms with Gasteiger partial charge in [-0.25, -0.2) is 17.5 Å². The van der Waals surface area contributed by atoms with Crippen LogP contribution < -0.4 is 15.8 Å². The molecule has 4 N–H and O–H groups in total. The minimum atomic E-state index is -3.96. The maximum Gasteiger partial charge on any atom is 0.243 e. The summed E-state index contributed by atoms with van der Waals surface area (Å²) in [6.45, 7) is 0.452. The second kappa shape index (κ2) is 8.55. The van der Waals surface area contributed by atoms with E-state index in [4.69, 9.17) is 5.73 Å². The van der Waals surface area contributed by atoms with Crippen molar-refractivity contribution in [3.8, 4) is 0 Å². The van der Waals surface area contributed by atoms with E-state index in [1.165, 1.54) is 18.2 Å². The zero-order valence-electron chi connectivity index (χ0n) is 13.5. The number of benzene rings is 1. The molecule has 1 aliphatic rings. The highest BCUT2D eigenvalue weighted by Crippen LogP contribution is 2.23. The summed E-state index contributed by atoms with van der Waals surface area (Å²) in [4.78, 5) is 11.6. The lowest BCUT2D eigenvalue weighted by molar-refractivity contribution is -0.122. The van der Waals surface area contributed by atoms with Crippen LogP contribution in [-0.4, -0.2) is 33.5 Å². The van der Waals surface area contributed by atoms with E-state index in [9.17, 15) is 17.6 Å². The van der Waals surface area contributed by atoms with Crippen LogP contribution in [0.1, 0.15) is 32.1 Å². The molecule has 0 bridgehead atoms. The van der Waals surface area contributed by atoms with Gasteiger partial charge in [-0.2, -0.15) is 0 Å². The van der Waals surface area contributed by atoms with Gasteiger partial charge in [0.15, 0.2) is 0 Å². The molecule has 2 atom stereocenters. The zero-order valence-corrected chi connectivity index (χ0v) is 14.3. The summed E-state index contributed by atoms with van der Waals surface area (Å²) in [5.41, 5.74) is 5.73. The number of rotatable bonds is 7. The molecule has 1 amide bonds. The summed E-state index contributed by atoms with van der Waals surface area (Å²) >= 11 is 0. The van der Waals surface area contributed by atoms with Crippen LogP contribution in [0.15, 0.2) is 29.2 Å². The number of nitrogens with one attached hydrogen (secondary N) is 2. The topological polar surface area (TPSA) is 101 Å². The van der Waals surface area contributed by atoms with E-state index in [-0.39, 0.29) is 30.8 Å². The number of amides is 1. The first-order valence-corrected chi connectivity index (χ1v) is 9.66. The van der Waals surface area contributed by atoms with Crippen molar-refractivity contribution in [3.63, 3.8) is 0 Å². The largest absolute Gasteiger partial charge is 0.353 e.